The van der Waals surface area contributed by atoms with Crippen LogP contribution in [0.25, 0.3) is 0 Å². The second kappa shape index (κ2) is 9.52. The molecule has 0 nitrogen and oxygen atoms in total. The van der Waals surface area contributed by atoms with Crippen molar-refractivity contribution in [3.05, 3.63) is 125 Å². The molecule has 0 aromatic heterocycles. The first kappa shape index (κ1) is 26.4. The molecule has 0 saturated heterocycles. The van der Waals surface area contributed by atoms with Crippen LogP contribution in [0.5, 0.6) is 0 Å². The molecular formula is C35H40BrP. The van der Waals surface area contributed by atoms with Crippen LogP contribution in [0.15, 0.2) is 103 Å². The Morgan fingerprint density at radius 3 is 1.41 bits per heavy atom. The van der Waals surface area contributed by atoms with Gasteiger partial charge < -0.3 is 0 Å². The minimum atomic E-state index is -2.94. The zero-order valence-electron chi connectivity index (χ0n) is 23.0. The van der Waals surface area contributed by atoms with E-state index in [4.69, 9.17) is 0 Å². The summed E-state index contributed by atoms with van der Waals surface area (Å²) in [5.41, 5.74) is 6.47. The van der Waals surface area contributed by atoms with Gasteiger partial charge in [-0.3, -0.25) is 0 Å². The first-order valence-electron chi connectivity index (χ1n) is 13.6. The topological polar surface area (TPSA) is 0 Å². The van der Waals surface area contributed by atoms with Crippen LogP contribution < -0.4 is 15.9 Å². The van der Waals surface area contributed by atoms with Gasteiger partial charge in [0, 0.05) is 0 Å². The second-order valence-electron chi connectivity index (χ2n) is 12.3. The van der Waals surface area contributed by atoms with Crippen LogP contribution in [-0.2, 0) is 17.3 Å². The van der Waals surface area contributed by atoms with E-state index in [1.807, 2.05) is 0 Å². The first-order valence-corrected chi connectivity index (χ1v) is 18.0. The van der Waals surface area contributed by atoms with Gasteiger partial charge in [0.25, 0.3) is 0 Å². The van der Waals surface area contributed by atoms with Gasteiger partial charge in [-0.25, -0.2) is 0 Å². The quantitative estimate of drug-likeness (QED) is 0.203. The summed E-state index contributed by atoms with van der Waals surface area (Å²) in [4.78, 5) is 0. The molecule has 1 aliphatic rings. The van der Waals surface area contributed by atoms with Gasteiger partial charge in [0.2, 0.25) is 0 Å². The van der Waals surface area contributed by atoms with Gasteiger partial charge >= 0.3 is 233 Å². The van der Waals surface area contributed by atoms with Gasteiger partial charge in [0.05, 0.1) is 0 Å². The number of aryl methyl sites for hydroxylation is 2. The minimum absolute atomic E-state index is 0.214. The predicted molar refractivity (Wildman–Crippen MR) is 169 cm³/mol. The van der Waals surface area contributed by atoms with Crippen LogP contribution in [0.2, 0.25) is 0 Å². The third-order valence-corrected chi connectivity index (χ3v) is 18.9. The Bertz CT molecular complexity index is 1290. The molecule has 0 unspecified atom stereocenters. The zero-order chi connectivity index (χ0) is 26.3. The summed E-state index contributed by atoms with van der Waals surface area (Å²) in [6.07, 6.45) is 4.55. The Morgan fingerprint density at radius 2 is 1.00 bits per heavy atom. The van der Waals surface area contributed by atoms with Crippen LogP contribution in [-0.4, -0.2) is 6.16 Å². The van der Waals surface area contributed by atoms with E-state index in [0.717, 1.165) is 12.6 Å². The molecule has 1 aliphatic carbocycles. The SMILES string of the molecule is Cc1cc2c(cc1CCP(Br)(c1ccccc1)(c1ccccc1)c1ccccc1)C(C)(C)CCC2(C)C. The first-order chi connectivity index (χ1) is 17.6. The van der Waals surface area contributed by atoms with E-state index in [2.05, 4.69) is 153 Å². The van der Waals surface area contributed by atoms with E-state index in [9.17, 15) is 0 Å². The third-order valence-electron chi connectivity index (χ3n) is 8.99. The zero-order valence-corrected chi connectivity index (χ0v) is 25.4. The molecule has 5 rings (SSSR count). The van der Waals surface area contributed by atoms with Crippen molar-refractivity contribution in [1.82, 2.24) is 0 Å². The summed E-state index contributed by atoms with van der Waals surface area (Å²) in [6.45, 7) is 12.0. The van der Waals surface area contributed by atoms with Crippen LogP contribution >= 0.6 is 20.8 Å². The summed E-state index contributed by atoms with van der Waals surface area (Å²) in [7, 11) is 0. The summed E-state index contributed by atoms with van der Waals surface area (Å²) in [5, 5.41) is 1.24. The van der Waals surface area contributed by atoms with Crippen LogP contribution in [0.1, 0.15) is 62.8 Å². The number of hydrogen-bond acceptors (Lipinski definition) is 0. The molecule has 0 heterocycles. The van der Waals surface area contributed by atoms with Gasteiger partial charge in [-0.2, -0.15) is 0 Å². The van der Waals surface area contributed by atoms with Crippen molar-refractivity contribution in [3.8, 4) is 0 Å². The Morgan fingerprint density at radius 1 is 0.622 bits per heavy atom. The molecular weight excluding hydrogens is 531 g/mol. The van der Waals surface area contributed by atoms with E-state index < -0.39 is 5.31 Å². The van der Waals surface area contributed by atoms with Gasteiger partial charge in [-0.1, -0.05) is 0 Å². The van der Waals surface area contributed by atoms with Crippen LogP contribution in [0.3, 0.4) is 0 Å². The average molecular weight is 572 g/mol. The number of hydrogen-bond donors (Lipinski definition) is 0. The number of fused-ring (bicyclic) bond motifs is 1. The summed E-state index contributed by atoms with van der Waals surface area (Å²) >= 11 is 4.65. The fourth-order valence-corrected chi connectivity index (χ4v) is 13.8. The average Bonchev–Trinajstić information content (AvgIpc) is 2.92. The molecule has 0 N–H and O–H groups in total. The number of benzene rings is 4. The molecule has 0 bridgehead atoms. The van der Waals surface area contributed by atoms with Crippen molar-refractivity contribution in [3.63, 3.8) is 0 Å². The van der Waals surface area contributed by atoms with Gasteiger partial charge in [-0.05, 0) is 0 Å². The fourth-order valence-electron chi connectivity index (χ4n) is 6.42. The standard InChI is InChI=1S/C35H40BrP/c1-27-25-32-33(35(4,5)23-22-34(32,2)3)26-28(27)21-24-37(36,29-15-9-6-10-16-29,30-17-11-7-12-18-30)31-19-13-8-14-20-31/h6-20,25-26H,21-24H2,1-5H3. The maximum atomic E-state index is 4.65. The molecule has 0 aliphatic heterocycles. The normalized spacial score (nSPS) is 17.4. The van der Waals surface area contributed by atoms with Crippen molar-refractivity contribution in [2.45, 2.75) is 64.7 Å². The Labute approximate surface area is 232 Å². The molecule has 37 heavy (non-hydrogen) atoms. The fraction of sp³-hybridized carbons (Fsp3) is 0.314. The number of rotatable bonds is 6. The molecule has 0 radical (unpaired) electrons. The Kier molecular flexibility index (Phi) is 6.79. The van der Waals surface area contributed by atoms with Crippen molar-refractivity contribution < 1.29 is 0 Å². The van der Waals surface area contributed by atoms with Gasteiger partial charge in [0.1, 0.15) is 0 Å². The molecule has 0 amide bonds. The Hall–Kier alpha value is -2.21. The molecule has 0 atom stereocenters. The van der Waals surface area contributed by atoms with Gasteiger partial charge in [0.15, 0.2) is 0 Å². The summed E-state index contributed by atoms with van der Waals surface area (Å²) in [6, 6.07) is 38.6. The molecule has 0 saturated carbocycles. The summed E-state index contributed by atoms with van der Waals surface area (Å²) in [5.74, 6) is 0. The third kappa shape index (κ3) is 4.43. The molecule has 2 heteroatoms. The van der Waals surface area contributed by atoms with E-state index >= 15 is 0 Å². The Balaban J connectivity index is 1.70. The van der Waals surface area contributed by atoms with Crippen molar-refractivity contribution in [2.75, 3.05) is 6.16 Å². The molecule has 0 spiro atoms. The van der Waals surface area contributed by atoms with Crippen molar-refractivity contribution in [1.29, 1.82) is 0 Å². The van der Waals surface area contributed by atoms with Crippen LogP contribution in [0.4, 0.5) is 0 Å². The van der Waals surface area contributed by atoms with E-state index in [0.29, 0.717) is 0 Å². The second-order valence-corrected chi connectivity index (χ2v) is 21.3. The van der Waals surface area contributed by atoms with E-state index in [1.165, 1.54) is 39.9 Å². The van der Waals surface area contributed by atoms with E-state index in [-0.39, 0.29) is 10.8 Å². The molecule has 4 aromatic rings. The van der Waals surface area contributed by atoms with Crippen molar-refractivity contribution >= 4 is 36.7 Å². The number of halogens is 1. The summed E-state index contributed by atoms with van der Waals surface area (Å²) < 4.78 is 0. The predicted octanol–water partition coefficient (Wildman–Crippen LogP) is 8.73. The monoisotopic (exact) mass is 570 g/mol. The molecule has 192 valence electrons. The maximum absolute atomic E-state index is 4.65. The van der Waals surface area contributed by atoms with E-state index in [1.54, 1.807) is 11.1 Å². The van der Waals surface area contributed by atoms with Gasteiger partial charge in [-0.15, -0.1) is 0 Å². The molecule has 4 aromatic carbocycles. The van der Waals surface area contributed by atoms with Crippen LogP contribution in [0, 0.1) is 6.92 Å². The molecule has 0 fully saturated rings. The van der Waals surface area contributed by atoms with Crippen molar-refractivity contribution in [2.24, 2.45) is 0 Å².